The van der Waals surface area contributed by atoms with Crippen molar-refractivity contribution >= 4 is 21.6 Å². The average Bonchev–Trinajstić information content (AvgIpc) is 2.61. The lowest BCUT2D eigenvalue weighted by Gasteiger charge is -2.31. The summed E-state index contributed by atoms with van der Waals surface area (Å²) in [6.45, 7) is 1.51. The minimum atomic E-state index is -3.77. The van der Waals surface area contributed by atoms with E-state index in [1.165, 1.54) is 30.7 Å². The van der Waals surface area contributed by atoms with Crippen LogP contribution in [0.25, 0.3) is 0 Å². The van der Waals surface area contributed by atoms with Crippen LogP contribution in [0, 0.1) is 5.82 Å². The highest BCUT2D eigenvalue weighted by atomic mass is 32.2. The first-order valence-corrected chi connectivity index (χ1v) is 10.8. The van der Waals surface area contributed by atoms with Crippen LogP contribution in [0.15, 0.2) is 48.5 Å². The molecule has 0 saturated carbocycles. The molecule has 0 fully saturated rings. The molecule has 1 amide bonds. The quantitative estimate of drug-likeness (QED) is 0.853. The molecule has 0 spiro atoms. The van der Waals surface area contributed by atoms with Gasteiger partial charge in [0.2, 0.25) is 15.9 Å². The first kappa shape index (κ1) is 19.4. The van der Waals surface area contributed by atoms with Crippen LogP contribution < -0.4 is 9.62 Å². The zero-order valence-corrected chi connectivity index (χ0v) is 16.2. The third kappa shape index (κ3) is 4.30. The minimum absolute atomic E-state index is 0.129. The highest BCUT2D eigenvalue weighted by Crippen LogP contribution is 2.30. The molecule has 0 bridgehead atoms. The number of nitrogens with zero attached hydrogens (tertiary/aromatic N) is 1. The molecule has 2 aromatic rings. The van der Waals surface area contributed by atoms with Crippen LogP contribution in [0.2, 0.25) is 0 Å². The van der Waals surface area contributed by atoms with Gasteiger partial charge < -0.3 is 5.32 Å². The average molecular weight is 390 g/mol. The topological polar surface area (TPSA) is 66.5 Å². The van der Waals surface area contributed by atoms with Crippen molar-refractivity contribution in [1.82, 2.24) is 5.32 Å². The number of hydrogen-bond donors (Lipinski definition) is 1. The number of rotatable bonds is 5. The van der Waals surface area contributed by atoms with Crippen molar-refractivity contribution in [3.63, 3.8) is 0 Å². The van der Waals surface area contributed by atoms with Crippen LogP contribution in [0.5, 0.6) is 0 Å². The van der Waals surface area contributed by atoms with E-state index in [0.717, 1.165) is 41.5 Å². The zero-order valence-electron chi connectivity index (χ0n) is 15.4. The molecule has 2 atom stereocenters. The SMILES string of the molecule is C[C@@H](C(=O)N[C@@H]1CCCc2ccccc21)N(c1cccc(F)c1)S(C)(=O)=O. The molecule has 0 heterocycles. The van der Waals surface area contributed by atoms with Crippen LogP contribution in [0.1, 0.15) is 36.9 Å². The van der Waals surface area contributed by atoms with Gasteiger partial charge in [-0.1, -0.05) is 30.3 Å². The van der Waals surface area contributed by atoms with Gasteiger partial charge in [0.25, 0.3) is 0 Å². The number of hydrogen-bond acceptors (Lipinski definition) is 3. The standard InChI is InChI=1S/C20H23FN2O3S/c1-14(23(27(2,25)26)17-10-6-9-16(21)13-17)20(24)22-19-12-5-8-15-7-3-4-11-18(15)19/h3-4,6-7,9-11,13-14,19H,5,8,12H2,1-2H3,(H,22,24)/t14-,19+/m0/s1. The van der Waals surface area contributed by atoms with Gasteiger partial charge >= 0.3 is 0 Å². The zero-order chi connectivity index (χ0) is 19.6. The Labute approximate surface area is 159 Å². The van der Waals surface area contributed by atoms with Gasteiger partial charge in [-0.2, -0.15) is 0 Å². The fraction of sp³-hybridized carbons (Fsp3) is 0.350. The maximum Gasteiger partial charge on any atom is 0.244 e. The molecule has 0 unspecified atom stereocenters. The van der Waals surface area contributed by atoms with Gasteiger partial charge in [0.1, 0.15) is 11.9 Å². The maximum absolute atomic E-state index is 13.6. The number of halogens is 1. The van der Waals surface area contributed by atoms with Gasteiger partial charge in [-0.15, -0.1) is 0 Å². The van der Waals surface area contributed by atoms with E-state index >= 15 is 0 Å². The summed E-state index contributed by atoms with van der Waals surface area (Å²) >= 11 is 0. The summed E-state index contributed by atoms with van der Waals surface area (Å²) in [6.07, 6.45) is 3.73. The van der Waals surface area contributed by atoms with Crippen LogP contribution in [-0.2, 0) is 21.2 Å². The molecule has 0 aromatic heterocycles. The van der Waals surface area contributed by atoms with E-state index in [0.29, 0.717) is 0 Å². The first-order chi connectivity index (χ1) is 12.8. The number of fused-ring (bicyclic) bond motifs is 1. The smallest absolute Gasteiger partial charge is 0.244 e. The molecule has 144 valence electrons. The summed E-state index contributed by atoms with van der Waals surface area (Å²) in [5, 5.41) is 2.97. The number of anilines is 1. The second-order valence-electron chi connectivity index (χ2n) is 6.87. The Morgan fingerprint density at radius 1 is 1.22 bits per heavy atom. The van der Waals surface area contributed by atoms with E-state index in [1.807, 2.05) is 24.3 Å². The van der Waals surface area contributed by atoms with Crippen molar-refractivity contribution in [1.29, 1.82) is 0 Å². The molecule has 7 heteroatoms. The Hall–Kier alpha value is -2.41. The highest BCUT2D eigenvalue weighted by Gasteiger charge is 2.31. The number of sulfonamides is 1. The molecule has 0 saturated heterocycles. The third-order valence-corrected chi connectivity index (χ3v) is 6.08. The van der Waals surface area contributed by atoms with Gasteiger partial charge in [0.05, 0.1) is 18.0 Å². The van der Waals surface area contributed by atoms with Crippen LogP contribution in [0.3, 0.4) is 0 Å². The summed E-state index contributed by atoms with van der Waals surface area (Å²) in [7, 11) is -3.77. The number of carbonyl (C=O) groups excluding carboxylic acids is 1. The third-order valence-electron chi connectivity index (χ3n) is 4.84. The molecule has 3 rings (SSSR count). The Bertz CT molecular complexity index is 946. The van der Waals surface area contributed by atoms with Gasteiger partial charge in [-0.3, -0.25) is 9.10 Å². The largest absolute Gasteiger partial charge is 0.347 e. The lowest BCUT2D eigenvalue weighted by atomic mass is 9.87. The van der Waals surface area contributed by atoms with Crippen LogP contribution in [0.4, 0.5) is 10.1 Å². The van der Waals surface area contributed by atoms with E-state index in [2.05, 4.69) is 5.32 Å². The van der Waals surface area contributed by atoms with Crippen molar-refractivity contribution in [3.8, 4) is 0 Å². The predicted octanol–water partition coefficient (Wildman–Crippen LogP) is 3.17. The Balaban J connectivity index is 1.85. The number of carbonyl (C=O) groups is 1. The van der Waals surface area contributed by atoms with Gasteiger partial charge in [0, 0.05) is 0 Å². The number of amides is 1. The second kappa shape index (κ2) is 7.68. The fourth-order valence-electron chi connectivity index (χ4n) is 3.62. The van der Waals surface area contributed by atoms with Crippen molar-refractivity contribution in [2.75, 3.05) is 10.6 Å². The molecule has 1 aliphatic carbocycles. The van der Waals surface area contributed by atoms with Crippen LogP contribution in [-0.4, -0.2) is 26.6 Å². The van der Waals surface area contributed by atoms with Gasteiger partial charge in [-0.05, 0) is 55.5 Å². The molecule has 27 heavy (non-hydrogen) atoms. The molecule has 1 N–H and O–H groups in total. The normalized spacial score (nSPS) is 17.7. The van der Waals surface area contributed by atoms with E-state index < -0.39 is 27.8 Å². The van der Waals surface area contributed by atoms with Crippen molar-refractivity contribution in [2.24, 2.45) is 0 Å². The Morgan fingerprint density at radius 3 is 2.67 bits per heavy atom. The van der Waals surface area contributed by atoms with Crippen molar-refractivity contribution < 1.29 is 17.6 Å². The molecular formula is C20H23FN2O3S. The van der Waals surface area contributed by atoms with Gasteiger partial charge in [-0.25, -0.2) is 12.8 Å². The van der Waals surface area contributed by atoms with E-state index in [-0.39, 0.29) is 11.7 Å². The molecule has 0 aliphatic heterocycles. The number of nitrogens with one attached hydrogen (secondary N) is 1. The maximum atomic E-state index is 13.6. The molecular weight excluding hydrogens is 367 g/mol. The van der Waals surface area contributed by atoms with Gasteiger partial charge in [0.15, 0.2) is 0 Å². The summed E-state index contributed by atoms with van der Waals surface area (Å²) in [6, 6.07) is 12.0. The Morgan fingerprint density at radius 2 is 1.96 bits per heavy atom. The van der Waals surface area contributed by atoms with E-state index in [9.17, 15) is 17.6 Å². The Kier molecular flexibility index (Phi) is 5.51. The predicted molar refractivity (Wildman–Crippen MR) is 103 cm³/mol. The van der Waals surface area contributed by atoms with E-state index in [4.69, 9.17) is 0 Å². The van der Waals surface area contributed by atoms with Crippen LogP contribution >= 0.6 is 0 Å². The molecule has 1 aliphatic rings. The number of aryl methyl sites for hydroxylation is 1. The highest BCUT2D eigenvalue weighted by molar-refractivity contribution is 7.92. The summed E-state index contributed by atoms with van der Waals surface area (Å²) in [4.78, 5) is 12.9. The lowest BCUT2D eigenvalue weighted by Crippen LogP contribution is -2.49. The monoisotopic (exact) mass is 390 g/mol. The summed E-state index contributed by atoms with van der Waals surface area (Å²) < 4.78 is 39.2. The number of benzene rings is 2. The molecule has 2 aromatic carbocycles. The van der Waals surface area contributed by atoms with Crippen molar-refractivity contribution in [2.45, 2.75) is 38.3 Å². The summed E-state index contributed by atoms with van der Waals surface area (Å²) in [5.41, 5.74) is 2.40. The fourth-order valence-corrected chi connectivity index (χ4v) is 4.78. The van der Waals surface area contributed by atoms with E-state index in [1.54, 1.807) is 0 Å². The lowest BCUT2D eigenvalue weighted by molar-refractivity contribution is -0.122. The summed E-state index contributed by atoms with van der Waals surface area (Å²) in [5.74, 6) is -0.971. The molecule has 0 radical (unpaired) electrons. The second-order valence-corrected chi connectivity index (χ2v) is 8.73. The minimum Gasteiger partial charge on any atom is -0.347 e. The molecule has 5 nitrogen and oxygen atoms in total. The first-order valence-electron chi connectivity index (χ1n) is 8.90. The van der Waals surface area contributed by atoms with Crippen molar-refractivity contribution in [3.05, 3.63) is 65.5 Å².